The molecule has 1 aliphatic heterocycles. The summed E-state index contributed by atoms with van der Waals surface area (Å²) in [5.74, 6) is 0.183. The first-order valence-corrected chi connectivity index (χ1v) is 7.13. The van der Waals surface area contributed by atoms with Gasteiger partial charge in [0.25, 0.3) is 5.95 Å². The van der Waals surface area contributed by atoms with E-state index < -0.39 is 6.29 Å². The lowest BCUT2D eigenvalue weighted by Gasteiger charge is -2.37. The highest BCUT2D eigenvalue weighted by Crippen LogP contribution is 2.41. The Hall–Kier alpha value is -1.99. The zero-order valence-corrected chi connectivity index (χ0v) is 12.9. The standard InChI is InChI=1S/C17H21NO3/c1-11(2)20-16-12(3)15(13-8-6-5-7-9-13)14(10-18)17(19-4)21-16/h5-9,11-12,15-16H,1-4H3/t12-,15-,16+/m0/s1. The highest BCUT2D eigenvalue weighted by atomic mass is 16.8. The van der Waals surface area contributed by atoms with Crippen LogP contribution in [-0.4, -0.2) is 19.5 Å². The minimum absolute atomic E-state index is 0.0170. The fourth-order valence-electron chi connectivity index (χ4n) is 2.65. The first-order chi connectivity index (χ1) is 10.1. The third-order valence-electron chi connectivity index (χ3n) is 3.58. The fourth-order valence-corrected chi connectivity index (χ4v) is 2.65. The van der Waals surface area contributed by atoms with Gasteiger partial charge in [-0.25, -0.2) is 0 Å². The van der Waals surface area contributed by atoms with Crippen molar-refractivity contribution in [2.75, 3.05) is 7.11 Å². The smallest absolute Gasteiger partial charge is 0.296 e. The van der Waals surface area contributed by atoms with Crippen molar-refractivity contribution in [3.63, 3.8) is 0 Å². The maximum atomic E-state index is 9.50. The quantitative estimate of drug-likeness (QED) is 0.849. The van der Waals surface area contributed by atoms with E-state index in [4.69, 9.17) is 14.2 Å². The fraction of sp³-hybridized carbons (Fsp3) is 0.471. The van der Waals surface area contributed by atoms with Crippen LogP contribution < -0.4 is 0 Å². The summed E-state index contributed by atoms with van der Waals surface area (Å²) < 4.78 is 16.8. The predicted octanol–water partition coefficient (Wildman–Crippen LogP) is 3.57. The van der Waals surface area contributed by atoms with Crippen LogP contribution in [0.15, 0.2) is 41.9 Å². The van der Waals surface area contributed by atoms with E-state index in [0.717, 1.165) is 5.56 Å². The predicted molar refractivity (Wildman–Crippen MR) is 79.1 cm³/mol. The van der Waals surface area contributed by atoms with Crippen LogP contribution >= 0.6 is 0 Å². The Morgan fingerprint density at radius 1 is 1.24 bits per heavy atom. The van der Waals surface area contributed by atoms with E-state index in [1.165, 1.54) is 7.11 Å². The number of nitriles is 1. The van der Waals surface area contributed by atoms with Gasteiger partial charge in [0, 0.05) is 11.8 Å². The second-order valence-electron chi connectivity index (χ2n) is 5.44. The van der Waals surface area contributed by atoms with E-state index in [2.05, 4.69) is 6.07 Å². The Kier molecular flexibility index (Phi) is 4.87. The van der Waals surface area contributed by atoms with Gasteiger partial charge in [-0.05, 0) is 19.4 Å². The zero-order chi connectivity index (χ0) is 15.4. The van der Waals surface area contributed by atoms with Crippen molar-refractivity contribution in [2.24, 2.45) is 5.92 Å². The third kappa shape index (κ3) is 3.20. The lowest BCUT2D eigenvalue weighted by Crippen LogP contribution is -2.37. The second-order valence-corrected chi connectivity index (χ2v) is 5.44. The minimum atomic E-state index is -0.428. The molecule has 1 aromatic rings. The van der Waals surface area contributed by atoms with Crippen molar-refractivity contribution >= 4 is 0 Å². The molecule has 0 fully saturated rings. The molecule has 0 aromatic heterocycles. The Bertz CT molecular complexity index is 545. The summed E-state index contributed by atoms with van der Waals surface area (Å²) in [6.07, 6.45) is -0.391. The van der Waals surface area contributed by atoms with Crippen molar-refractivity contribution in [1.82, 2.24) is 0 Å². The molecule has 1 aliphatic rings. The molecule has 0 spiro atoms. The Balaban J connectivity index is 2.45. The normalized spacial score (nSPS) is 25.4. The molecule has 4 nitrogen and oxygen atoms in total. The van der Waals surface area contributed by atoms with E-state index in [-0.39, 0.29) is 23.9 Å². The van der Waals surface area contributed by atoms with Crippen LogP contribution in [0.2, 0.25) is 0 Å². The molecule has 0 saturated heterocycles. The summed E-state index contributed by atoms with van der Waals surface area (Å²) in [6, 6.07) is 12.2. The summed E-state index contributed by atoms with van der Waals surface area (Å²) in [5.41, 5.74) is 1.58. The van der Waals surface area contributed by atoms with Gasteiger partial charge < -0.3 is 14.2 Å². The molecule has 0 radical (unpaired) electrons. The minimum Gasteiger partial charge on any atom is -0.468 e. The second kappa shape index (κ2) is 6.64. The number of hydrogen-bond donors (Lipinski definition) is 0. The van der Waals surface area contributed by atoms with Gasteiger partial charge in [0.1, 0.15) is 11.6 Å². The lowest BCUT2D eigenvalue weighted by atomic mass is 9.80. The van der Waals surface area contributed by atoms with Crippen LogP contribution in [0, 0.1) is 17.2 Å². The number of benzene rings is 1. The summed E-state index contributed by atoms with van der Waals surface area (Å²) >= 11 is 0. The molecule has 0 unspecified atom stereocenters. The van der Waals surface area contributed by atoms with Crippen molar-refractivity contribution in [3.05, 3.63) is 47.4 Å². The lowest BCUT2D eigenvalue weighted by molar-refractivity contribution is -0.201. The largest absolute Gasteiger partial charge is 0.468 e. The van der Waals surface area contributed by atoms with E-state index in [0.29, 0.717) is 5.57 Å². The molecule has 112 valence electrons. The van der Waals surface area contributed by atoms with Gasteiger partial charge >= 0.3 is 0 Å². The molecule has 0 aliphatic carbocycles. The SMILES string of the molecule is COC1=C(C#N)[C@H](c2ccccc2)[C@H](C)[C@H](OC(C)C)O1. The van der Waals surface area contributed by atoms with E-state index in [9.17, 15) is 5.26 Å². The van der Waals surface area contributed by atoms with Gasteiger partial charge in [-0.3, -0.25) is 0 Å². The summed E-state index contributed by atoms with van der Waals surface area (Å²) in [7, 11) is 1.51. The first kappa shape index (κ1) is 15.4. The molecule has 2 rings (SSSR count). The summed E-state index contributed by atoms with van der Waals surface area (Å²) in [4.78, 5) is 0. The maximum absolute atomic E-state index is 9.50. The van der Waals surface area contributed by atoms with Crippen LogP contribution in [0.4, 0.5) is 0 Å². The Morgan fingerprint density at radius 2 is 1.90 bits per heavy atom. The number of methoxy groups -OCH3 is 1. The van der Waals surface area contributed by atoms with Crippen molar-refractivity contribution in [3.8, 4) is 6.07 Å². The Morgan fingerprint density at radius 3 is 2.43 bits per heavy atom. The van der Waals surface area contributed by atoms with Gasteiger partial charge in [0.15, 0.2) is 0 Å². The van der Waals surface area contributed by atoms with E-state index in [1.807, 2.05) is 51.1 Å². The van der Waals surface area contributed by atoms with Crippen LogP contribution in [0.5, 0.6) is 0 Å². The van der Waals surface area contributed by atoms with Gasteiger partial charge in [-0.2, -0.15) is 5.26 Å². The Labute approximate surface area is 125 Å². The number of ether oxygens (including phenoxy) is 3. The van der Waals surface area contributed by atoms with Gasteiger partial charge in [-0.1, -0.05) is 37.3 Å². The van der Waals surface area contributed by atoms with E-state index in [1.54, 1.807) is 0 Å². The van der Waals surface area contributed by atoms with Crippen molar-refractivity contribution < 1.29 is 14.2 Å². The highest BCUT2D eigenvalue weighted by Gasteiger charge is 2.40. The van der Waals surface area contributed by atoms with Crippen LogP contribution in [0.3, 0.4) is 0 Å². The van der Waals surface area contributed by atoms with E-state index >= 15 is 0 Å². The molecule has 0 bridgehead atoms. The molecular weight excluding hydrogens is 266 g/mol. The molecule has 0 N–H and O–H groups in total. The maximum Gasteiger partial charge on any atom is 0.296 e. The molecule has 0 saturated carbocycles. The summed E-state index contributed by atoms with van der Waals surface area (Å²) in [6.45, 7) is 5.96. The number of hydrogen-bond acceptors (Lipinski definition) is 4. The molecule has 4 heteroatoms. The van der Waals surface area contributed by atoms with Crippen LogP contribution in [0.1, 0.15) is 32.3 Å². The molecule has 3 atom stereocenters. The van der Waals surface area contributed by atoms with Gasteiger partial charge in [0.05, 0.1) is 13.2 Å². The first-order valence-electron chi connectivity index (χ1n) is 7.13. The average molecular weight is 287 g/mol. The van der Waals surface area contributed by atoms with Crippen LogP contribution in [-0.2, 0) is 14.2 Å². The number of allylic oxidation sites excluding steroid dienone is 1. The molecule has 21 heavy (non-hydrogen) atoms. The monoisotopic (exact) mass is 287 g/mol. The average Bonchev–Trinajstić information content (AvgIpc) is 2.49. The zero-order valence-electron chi connectivity index (χ0n) is 12.9. The third-order valence-corrected chi connectivity index (χ3v) is 3.58. The molecule has 0 amide bonds. The number of rotatable bonds is 4. The van der Waals surface area contributed by atoms with Gasteiger partial charge in [0.2, 0.25) is 6.29 Å². The van der Waals surface area contributed by atoms with Crippen molar-refractivity contribution in [2.45, 2.75) is 39.1 Å². The molecular formula is C17H21NO3. The van der Waals surface area contributed by atoms with Crippen LogP contribution in [0.25, 0.3) is 0 Å². The topological polar surface area (TPSA) is 51.5 Å². The summed E-state index contributed by atoms with van der Waals surface area (Å²) in [5, 5.41) is 9.50. The molecule has 1 aromatic carbocycles. The van der Waals surface area contributed by atoms with Gasteiger partial charge in [-0.15, -0.1) is 0 Å². The number of nitrogens with zero attached hydrogens (tertiary/aromatic N) is 1. The van der Waals surface area contributed by atoms with Crippen molar-refractivity contribution in [1.29, 1.82) is 5.26 Å². The molecule has 1 heterocycles. The highest BCUT2D eigenvalue weighted by molar-refractivity contribution is 5.39.